The third kappa shape index (κ3) is 3.04. The standard InChI is InChI=1S/C26H24N4/c1-17-7-6-8-18(13-17)15-30-16-22(19-9-3-5-12-24(19)30)25-20-10-2-4-11-23(20)29-26(28)21(25)14-27/h3,5-9,12-13,16H,2,4,10-11,15H2,1H3,(H2,28,29). The summed E-state index contributed by atoms with van der Waals surface area (Å²) in [6.45, 7) is 2.90. The summed E-state index contributed by atoms with van der Waals surface area (Å²) in [5, 5.41) is 11.1. The van der Waals surface area contributed by atoms with Gasteiger partial charge in [0.2, 0.25) is 0 Å². The van der Waals surface area contributed by atoms with E-state index >= 15 is 0 Å². The van der Waals surface area contributed by atoms with E-state index < -0.39 is 0 Å². The number of benzene rings is 2. The highest BCUT2D eigenvalue weighted by Crippen LogP contribution is 2.40. The van der Waals surface area contributed by atoms with Gasteiger partial charge in [-0.25, -0.2) is 4.98 Å². The molecule has 1 aliphatic rings. The zero-order valence-corrected chi connectivity index (χ0v) is 17.2. The van der Waals surface area contributed by atoms with Crippen molar-refractivity contribution in [2.45, 2.75) is 39.2 Å². The first-order chi connectivity index (χ1) is 14.7. The molecule has 0 amide bonds. The lowest BCUT2D eigenvalue weighted by atomic mass is 9.86. The van der Waals surface area contributed by atoms with Crippen LogP contribution in [-0.4, -0.2) is 9.55 Å². The smallest absolute Gasteiger partial charge is 0.142 e. The highest BCUT2D eigenvalue weighted by molar-refractivity contribution is 5.99. The number of nitrogens with two attached hydrogens (primary N) is 1. The topological polar surface area (TPSA) is 67.6 Å². The molecule has 4 nitrogen and oxygen atoms in total. The molecule has 2 heterocycles. The summed E-state index contributed by atoms with van der Waals surface area (Å²) in [5.41, 5.74) is 14.8. The van der Waals surface area contributed by atoms with Gasteiger partial charge in [-0.2, -0.15) is 5.26 Å². The lowest BCUT2D eigenvalue weighted by Gasteiger charge is -2.20. The van der Waals surface area contributed by atoms with Crippen molar-refractivity contribution in [2.75, 3.05) is 5.73 Å². The van der Waals surface area contributed by atoms with Gasteiger partial charge in [0.25, 0.3) is 0 Å². The van der Waals surface area contributed by atoms with Crippen LogP contribution in [0.5, 0.6) is 0 Å². The van der Waals surface area contributed by atoms with Crippen LogP contribution in [0.2, 0.25) is 0 Å². The molecule has 0 bridgehead atoms. The number of anilines is 1. The Kier molecular flexibility index (Phi) is 4.52. The molecule has 4 heteroatoms. The predicted molar refractivity (Wildman–Crippen MR) is 121 cm³/mol. The fourth-order valence-corrected chi connectivity index (χ4v) is 4.76. The highest BCUT2D eigenvalue weighted by Gasteiger charge is 2.24. The number of aryl methyl sites for hydroxylation is 2. The van der Waals surface area contributed by atoms with Crippen LogP contribution in [0.4, 0.5) is 5.82 Å². The van der Waals surface area contributed by atoms with E-state index in [2.05, 4.69) is 77.3 Å². The highest BCUT2D eigenvalue weighted by atomic mass is 15.0. The number of fused-ring (bicyclic) bond motifs is 2. The molecule has 0 fully saturated rings. The Bertz CT molecular complexity index is 1310. The van der Waals surface area contributed by atoms with Crippen molar-refractivity contribution in [3.63, 3.8) is 0 Å². The van der Waals surface area contributed by atoms with E-state index in [0.717, 1.165) is 60.0 Å². The second kappa shape index (κ2) is 7.35. The molecule has 2 aromatic carbocycles. The number of nitrogens with zero attached hydrogens (tertiary/aromatic N) is 3. The SMILES string of the molecule is Cc1cccc(Cn2cc(-c3c(C#N)c(N)nc4c3CCCC4)c3ccccc32)c1. The number of nitriles is 1. The van der Waals surface area contributed by atoms with Gasteiger partial charge in [0.1, 0.15) is 17.5 Å². The Hall–Kier alpha value is -3.58. The van der Waals surface area contributed by atoms with Gasteiger partial charge in [-0.1, -0.05) is 48.0 Å². The molecule has 5 rings (SSSR count). The minimum Gasteiger partial charge on any atom is -0.383 e. The number of hydrogen-bond donors (Lipinski definition) is 1. The molecule has 0 saturated carbocycles. The van der Waals surface area contributed by atoms with Crippen molar-refractivity contribution in [1.29, 1.82) is 5.26 Å². The molecular weight excluding hydrogens is 368 g/mol. The zero-order chi connectivity index (χ0) is 20.7. The van der Waals surface area contributed by atoms with Crippen molar-refractivity contribution in [1.82, 2.24) is 9.55 Å². The third-order valence-corrected chi connectivity index (χ3v) is 6.11. The maximum Gasteiger partial charge on any atom is 0.142 e. The van der Waals surface area contributed by atoms with E-state index in [9.17, 15) is 5.26 Å². The summed E-state index contributed by atoms with van der Waals surface area (Å²) >= 11 is 0. The normalized spacial score (nSPS) is 13.2. The minimum absolute atomic E-state index is 0.351. The summed E-state index contributed by atoms with van der Waals surface area (Å²) in [7, 11) is 0. The van der Waals surface area contributed by atoms with Crippen molar-refractivity contribution < 1.29 is 0 Å². The maximum absolute atomic E-state index is 9.93. The minimum atomic E-state index is 0.351. The fraction of sp³-hybridized carbons (Fsp3) is 0.231. The Labute approximate surface area is 176 Å². The summed E-state index contributed by atoms with van der Waals surface area (Å²) in [6, 6.07) is 19.4. The second-order valence-corrected chi connectivity index (χ2v) is 8.17. The number of pyridine rings is 1. The van der Waals surface area contributed by atoms with Crippen LogP contribution >= 0.6 is 0 Å². The van der Waals surface area contributed by atoms with Crippen LogP contribution in [0.3, 0.4) is 0 Å². The van der Waals surface area contributed by atoms with E-state index in [1.54, 1.807) is 0 Å². The number of hydrogen-bond acceptors (Lipinski definition) is 3. The van der Waals surface area contributed by atoms with Crippen LogP contribution in [-0.2, 0) is 19.4 Å². The van der Waals surface area contributed by atoms with E-state index in [4.69, 9.17) is 5.73 Å². The average molecular weight is 393 g/mol. The van der Waals surface area contributed by atoms with Crippen LogP contribution < -0.4 is 5.73 Å². The van der Waals surface area contributed by atoms with Crippen LogP contribution in [0, 0.1) is 18.3 Å². The first kappa shape index (κ1) is 18.4. The molecule has 30 heavy (non-hydrogen) atoms. The first-order valence-corrected chi connectivity index (χ1v) is 10.5. The quantitative estimate of drug-likeness (QED) is 0.508. The fourth-order valence-electron chi connectivity index (χ4n) is 4.76. The molecule has 0 spiro atoms. The van der Waals surface area contributed by atoms with Gasteiger partial charge in [-0.05, 0) is 49.8 Å². The molecule has 2 aromatic heterocycles. The molecule has 0 radical (unpaired) electrons. The Morgan fingerprint density at radius 3 is 2.77 bits per heavy atom. The lowest BCUT2D eigenvalue weighted by molar-refractivity contribution is 0.670. The molecule has 0 atom stereocenters. The molecule has 0 aliphatic heterocycles. The molecule has 0 saturated heterocycles. The van der Waals surface area contributed by atoms with Crippen LogP contribution in [0.15, 0.2) is 54.7 Å². The molecule has 148 valence electrons. The van der Waals surface area contributed by atoms with Gasteiger partial charge < -0.3 is 10.3 Å². The van der Waals surface area contributed by atoms with Gasteiger partial charge in [0.05, 0.1) is 0 Å². The van der Waals surface area contributed by atoms with Crippen LogP contribution in [0.25, 0.3) is 22.0 Å². The Morgan fingerprint density at radius 2 is 1.93 bits per heavy atom. The van der Waals surface area contributed by atoms with Gasteiger partial charge in [-0.3, -0.25) is 0 Å². The van der Waals surface area contributed by atoms with E-state index in [1.807, 2.05) is 0 Å². The van der Waals surface area contributed by atoms with Crippen molar-refractivity contribution in [2.24, 2.45) is 0 Å². The van der Waals surface area contributed by atoms with Gasteiger partial charge in [-0.15, -0.1) is 0 Å². The van der Waals surface area contributed by atoms with Gasteiger partial charge >= 0.3 is 0 Å². The number of aromatic nitrogens is 2. The van der Waals surface area contributed by atoms with Crippen molar-refractivity contribution in [3.05, 3.63) is 82.7 Å². The Morgan fingerprint density at radius 1 is 1.10 bits per heavy atom. The average Bonchev–Trinajstić information content (AvgIpc) is 3.11. The monoisotopic (exact) mass is 392 g/mol. The molecule has 2 N–H and O–H groups in total. The predicted octanol–water partition coefficient (Wildman–Crippen LogP) is 5.39. The molecule has 4 aromatic rings. The molecule has 0 unspecified atom stereocenters. The number of rotatable bonds is 3. The molecular formula is C26H24N4. The summed E-state index contributed by atoms with van der Waals surface area (Å²) < 4.78 is 2.28. The third-order valence-electron chi connectivity index (χ3n) is 6.11. The van der Waals surface area contributed by atoms with Crippen LogP contribution in [0.1, 0.15) is 40.8 Å². The van der Waals surface area contributed by atoms with E-state index in [0.29, 0.717) is 11.4 Å². The van der Waals surface area contributed by atoms with Gasteiger partial charge in [0.15, 0.2) is 0 Å². The number of nitrogen functional groups attached to an aromatic ring is 1. The number of para-hydroxylation sites is 1. The summed E-state index contributed by atoms with van der Waals surface area (Å²) in [6.07, 6.45) is 6.32. The van der Waals surface area contributed by atoms with Crippen molar-refractivity contribution in [3.8, 4) is 17.2 Å². The lowest BCUT2D eigenvalue weighted by Crippen LogP contribution is -2.11. The van der Waals surface area contributed by atoms with Crippen molar-refractivity contribution >= 4 is 16.7 Å². The Balaban J connectivity index is 1.75. The second-order valence-electron chi connectivity index (χ2n) is 8.17. The first-order valence-electron chi connectivity index (χ1n) is 10.5. The molecule has 1 aliphatic carbocycles. The summed E-state index contributed by atoms with van der Waals surface area (Å²) in [4.78, 5) is 4.58. The largest absolute Gasteiger partial charge is 0.383 e. The van der Waals surface area contributed by atoms with Gasteiger partial charge in [0, 0.05) is 40.5 Å². The van der Waals surface area contributed by atoms with E-state index in [-0.39, 0.29) is 0 Å². The van der Waals surface area contributed by atoms with E-state index in [1.165, 1.54) is 16.7 Å². The maximum atomic E-state index is 9.93. The zero-order valence-electron chi connectivity index (χ0n) is 17.2. The summed E-state index contributed by atoms with van der Waals surface area (Å²) in [5.74, 6) is 0.351.